The van der Waals surface area contributed by atoms with Crippen molar-refractivity contribution in [3.8, 4) is 0 Å². The lowest BCUT2D eigenvalue weighted by molar-refractivity contribution is -0.167. The van der Waals surface area contributed by atoms with E-state index in [2.05, 4.69) is 142 Å². The summed E-state index contributed by atoms with van der Waals surface area (Å²) in [6, 6.07) is 0. The highest BCUT2D eigenvalue weighted by atomic mass is 16.6. The van der Waals surface area contributed by atoms with Crippen molar-refractivity contribution in [2.24, 2.45) is 0 Å². The molecule has 0 aliphatic heterocycles. The summed E-state index contributed by atoms with van der Waals surface area (Å²) in [4.78, 5) is 38.0. The van der Waals surface area contributed by atoms with Crippen LogP contribution in [0.5, 0.6) is 0 Å². The van der Waals surface area contributed by atoms with Crippen molar-refractivity contribution in [1.29, 1.82) is 0 Å². The van der Waals surface area contributed by atoms with E-state index in [1.807, 2.05) is 0 Å². The Morgan fingerprint density at radius 3 is 1.05 bits per heavy atom. The molecule has 0 heterocycles. The maximum Gasteiger partial charge on any atom is 0.306 e. The van der Waals surface area contributed by atoms with Crippen molar-refractivity contribution in [3.05, 3.63) is 122 Å². The summed E-state index contributed by atoms with van der Waals surface area (Å²) in [5, 5.41) is 0. The first kappa shape index (κ1) is 60.8. The van der Waals surface area contributed by atoms with Crippen molar-refractivity contribution in [1.82, 2.24) is 0 Å². The van der Waals surface area contributed by atoms with Crippen LogP contribution in [0, 0.1) is 0 Å². The third-order valence-electron chi connectivity index (χ3n) is 10.4. The van der Waals surface area contributed by atoms with E-state index in [0.29, 0.717) is 19.3 Å². The maximum absolute atomic E-state index is 12.8. The van der Waals surface area contributed by atoms with Gasteiger partial charge in [0.15, 0.2) is 6.10 Å². The second-order valence-corrected chi connectivity index (χ2v) is 16.7. The quantitative estimate of drug-likeness (QED) is 0.0262. The monoisotopic (exact) mass is 899 g/mol. The molecule has 0 saturated carbocycles. The van der Waals surface area contributed by atoms with Gasteiger partial charge in [0, 0.05) is 19.3 Å². The summed E-state index contributed by atoms with van der Waals surface area (Å²) in [7, 11) is 0. The Morgan fingerprint density at radius 2 is 0.615 bits per heavy atom. The Bertz CT molecular complexity index is 1400. The van der Waals surface area contributed by atoms with Gasteiger partial charge in [0.1, 0.15) is 13.2 Å². The summed E-state index contributed by atoms with van der Waals surface area (Å²) in [5.41, 5.74) is 0. The van der Waals surface area contributed by atoms with E-state index < -0.39 is 6.10 Å². The van der Waals surface area contributed by atoms with Crippen LogP contribution >= 0.6 is 0 Å². The van der Waals surface area contributed by atoms with Gasteiger partial charge in [-0.05, 0) is 122 Å². The largest absolute Gasteiger partial charge is 0.462 e. The highest BCUT2D eigenvalue weighted by Gasteiger charge is 2.19. The van der Waals surface area contributed by atoms with Crippen molar-refractivity contribution >= 4 is 17.9 Å². The van der Waals surface area contributed by atoms with Crippen LogP contribution in [-0.4, -0.2) is 37.2 Å². The first-order valence-electron chi connectivity index (χ1n) is 26.0. The Hall–Kier alpha value is -4.19. The molecule has 0 aromatic carbocycles. The van der Waals surface area contributed by atoms with Crippen LogP contribution in [0.3, 0.4) is 0 Å². The summed E-state index contributed by atoms with van der Waals surface area (Å²) < 4.78 is 16.7. The number of carbonyl (C=O) groups excluding carboxylic acids is 3. The van der Waals surface area contributed by atoms with E-state index in [-0.39, 0.29) is 44.0 Å². The normalized spacial score (nSPS) is 13.1. The predicted octanol–water partition coefficient (Wildman–Crippen LogP) is 17.3. The van der Waals surface area contributed by atoms with Gasteiger partial charge in [0.2, 0.25) is 0 Å². The zero-order chi connectivity index (χ0) is 47.2. The lowest BCUT2D eigenvalue weighted by atomic mass is 10.1. The molecular weight excluding hydrogens is 805 g/mol. The maximum atomic E-state index is 12.8. The molecule has 366 valence electrons. The Balaban J connectivity index is 4.58. The third kappa shape index (κ3) is 50.7. The average molecular weight is 899 g/mol. The molecule has 0 aliphatic carbocycles. The van der Waals surface area contributed by atoms with E-state index >= 15 is 0 Å². The van der Waals surface area contributed by atoms with Crippen LogP contribution in [0.2, 0.25) is 0 Å². The van der Waals surface area contributed by atoms with E-state index in [4.69, 9.17) is 14.2 Å². The SMILES string of the molecule is CC/C=C\C/C=C\C/C=C\C/C=C\C/C=C\CCCC(=O)OC[C@@H](COC(=O)CCCCCCC/C=C\CCCCCCCC)OC(=O)CCCC/C=C\C/C=C\C/C=C\C/C=C\CC. The van der Waals surface area contributed by atoms with Gasteiger partial charge in [0.05, 0.1) is 0 Å². The van der Waals surface area contributed by atoms with E-state index in [1.54, 1.807) is 0 Å². The summed E-state index contributed by atoms with van der Waals surface area (Å²) in [6.07, 6.45) is 71.9. The third-order valence-corrected chi connectivity index (χ3v) is 10.4. The van der Waals surface area contributed by atoms with Gasteiger partial charge in [-0.2, -0.15) is 0 Å². The van der Waals surface area contributed by atoms with Crippen LogP contribution in [0.15, 0.2) is 122 Å². The Morgan fingerprint density at radius 1 is 0.323 bits per heavy atom. The summed E-state index contributed by atoms with van der Waals surface area (Å²) in [6.45, 7) is 6.29. The number of hydrogen-bond donors (Lipinski definition) is 0. The zero-order valence-electron chi connectivity index (χ0n) is 41.7. The Kier molecular flexibility index (Phi) is 49.1. The van der Waals surface area contributed by atoms with Crippen LogP contribution < -0.4 is 0 Å². The molecule has 0 radical (unpaired) electrons. The number of allylic oxidation sites excluding steroid dienone is 20. The van der Waals surface area contributed by atoms with Gasteiger partial charge in [-0.1, -0.05) is 194 Å². The van der Waals surface area contributed by atoms with Gasteiger partial charge >= 0.3 is 17.9 Å². The minimum absolute atomic E-state index is 0.120. The molecule has 0 spiro atoms. The molecule has 1 atom stereocenters. The van der Waals surface area contributed by atoms with Crippen LogP contribution in [0.1, 0.15) is 213 Å². The molecule has 6 heteroatoms. The molecule has 0 bridgehead atoms. The summed E-state index contributed by atoms with van der Waals surface area (Å²) in [5.74, 6) is -1.04. The average Bonchev–Trinajstić information content (AvgIpc) is 3.30. The number of carbonyl (C=O) groups is 3. The number of hydrogen-bond acceptors (Lipinski definition) is 6. The minimum atomic E-state index is -0.829. The standard InChI is InChI=1S/C59H94O6/c1-4-7-10-13-16-19-22-25-28-29-32-34-37-40-43-46-49-52-58(61)64-55-56(65-59(62)53-50-47-44-41-38-35-31-27-24-21-18-15-12-9-6-3)54-63-57(60)51-48-45-42-39-36-33-30-26-23-20-17-14-11-8-5-2/h7,9-10,12,16,18-19,21,25-28,30-32,34,38,40-41,43,56H,4-6,8,11,13-15,17,20,22-24,29,33,35-37,39,42,44-55H2,1-3H3/b10-7-,12-9-,19-16-,21-18-,28-25-,30-26-,31-27-,34-32-,41-38-,43-40-/t56-/m1/s1. The van der Waals surface area contributed by atoms with Crippen LogP contribution in [-0.2, 0) is 28.6 Å². The highest BCUT2D eigenvalue weighted by Crippen LogP contribution is 2.12. The van der Waals surface area contributed by atoms with E-state index in [9.17, 15) is 14.4 Å². The van der Waals surface area contributed by atoms with E-state index in [0.717, 1.165) is 109 Å². The van der Waals surface area contributed by atoms with Gasteiger partial charge in [-0.25, -0.2) is 0 Å². The minimum Gasteiger partial charge on any atom is -0.462 e. The summed E-state index contributed by atoms with van der Waals surface area (Å²) >= 11 is 0. The smallest absolute Gasteiger partial charge is 0.306 e. The highest BCUT2D eigenvalue weighted by molar-refractivity contribution is 5.71. The molecular formula is C59H94O6. The van der Waals surface area contributed by atoms with Crippen molar-refractivity contribution in [2.45, 2.75) is 219 Å². The molecule has 0 saturated heterocycles. The molecule has 6 nitrogen and oxygen atoms in total. The second kappa shape index (κ2) is 52.4. The van der Waals surface area contributed by atoms with Crippen LogP contribution in [0.4, 0.5) is 0 Å². The molecule has 0 N–H and O–H groups in total. The molecule has 0 rings (SSSR count). The number of rotatable bonds is 45. The fourth-order valence-corrected chi connectivity index (χ4v) is 6.58. The van der Waals surface area contributed by atoms with E-state index in [1.165, 1.54) is 51.4 Å². The van der Waals surface area contributed by atoms with Crippen LogP contribution in [0.25, 0.3) is 0 Å². The first-order chi connectivity index (χ1) is 32.0. The number of esters is 3. The number of unbranched alkanes of at least 4 members (excludes halogenated alkanes) is 14. The fraction of sp³-hybridized carbons (Fsp3) is 0.610. The van der Waals surface area contributed by atoms with Gasteiger partial charge < -0.3 is 14.2 Å². The topological polar surface area (TPSA) is 78.9 Å². The molecule has 0 fully saturated rings. The number of ether oxygens (including phenoxy) is 3. The lowest BCUT2D eigenvalue weighted by Crippen LogP contribution is -2.30. The predicted molar refractivity (Wildman–Crippen MR) is 279 cm³/mol. The zero-order valence-corrected chi connectivity index (χ0v) is 41.7. The molecule has 65 heavy (non-hydrogen) atoms. The second-order valence-electron chi connectivity index (χ2n) is 16.7. The van der Waals surface area contributed by atoms with Gasteiger partial charge in [-0.3, -0.25) is 14.4 Å². The van der Waals surface area contributed by atoms with Crippen molar-refractivity contribution in [3.63, 3.8) is 0 Å². The van der Waals surface area contributed by atoms with Crippen molar-refractivity contribution in [2.75, 3.05) is 13.2 Å². The fourth-order valence-electron chi connectivity index (χ4n) is 6.58. The molecule has 0 aliphatic rings. The first-order valence-corrected chi connectivity index (χ1v) is 26.0. The lowest BCUT2D eigenvalue weighted by Gasteiger charge is -2.18. The molecule has 0 unspecified atom stereocenters. The van der Waals surface area contributed by atoms with Crippen molar-refractivity contribution < 1.29 is 28.6 Å². The Labute approximate surface area is 399 Å². The van der Waals surface area contributed by atoms with Gasteiger partial charge in [0.25, 0.3) is 0 Å². The molecule has 0 aromatic heterocycles. The molecule has 0 amide bonds. The molecule has 0 aromatic rings. The van der Waals surface area contributed by atoms with Gasteiger partial charge in [-0.15, -0.1) is 0 Å².